The number of nitrogens with one attached hydrogen (secondary N) is 1. The molecule has 0 aliphatic heterocycles. The molecular formula is C18H18N4O2. The third-order valence-electron chi connectivity index (χ3n) is 3.67. The molecule has 0 saturated carbocycles. The highest BCUT2D eigenvalue weighted by Gasteiger charge is 2.18. The van der Waals surface area contributed by atoms with Crippen molar-refractivity contribution in [2.24, 2.45) is 0 Å². The van der Waals surface area contributed by atoms with Gasteiger partial charge in [0.15, 0.2) is 0 Å². The Morgan fingerprint density at radius 1 is 1.17 bits per heavy atom. The maximum absolute atomic E-state index is 12.4. The minimum atomic E-state index is -0.308. The van der Waals surface area contributed by atoms with Crippen molar-refractivity contribution in [3.05, 3.63) is 65.9 Å². The molecule has 3 rings (SSSR count). The lowest BCUT2D eigenvalue weighted by atomic mass is 10.2. The van der Waals surface area contributed by atoms with E-state index in [9.17, 15) is 4.79 Å². The summed E-state index contributed by atoms with van der Waals surface area (Å²) in [6.45, 7) is 1.99. The second-order valence-electron chi connectivity index (χ2n) is 5.35. The summed E-state index contributed by atoms with van der Waals surface area (Å²) in [5.41, 5.74) is 8.93. The lowest BCUT2D eigenvalue weighted by molar-refractivity contribution is 0.102. The van der Waals surface area contributed by atoms with Crippen LogP contribution in [0.15, 0.2) is 54.7 Å². The number of hydrogen-bond donors (Lipinski definition) is 2. The highest BCUT2D eigenvalue weighted by molar-refractivity contribution is 6.07. The number of nitrogens with two attached hydrogens (primary N) is 1. The predicted octanol–water partition coefficient (Wildman–Crippen LogP) is 3.02. The van der Waals surface area contributed by atoms with Gasteiger partial charge in [0, 0.05) is 5.69 Å². The smallest absolute Gasteiger partial charge is 0.261 e. The normalized spacial score (nSPS) is 10.4. The topological polar surface area (TPSA) is 82.2 Å². The molecular weight excluding hydrogens is 304 g/mol. The summed E-state index contributed by atoms with van der Waals surface area (Å²) in [6, 6.07) is 14.9. The lowest BCUT2D eigenvalue weighted by Crippen LogP contribution is -2.14. The zero-order chi connectivity index (χ0) is 17.1. The van der Waals surface area contributed by atoms with E-state index in [0.717, 1.165) is 5.56 Å². The number of aryl methyl sites for hydroxylation is 1. The predicted molar refractivity (Wildman–Crippen MR) is 93.7 cm³/mol. The van der Waals surface area contributed by atoms with Crippen molar-refractivity contribution in [2.45, 2.75) is 6.92 Å². The van der Waals surface area contributed by atoms with E-state index in [2.05, 4.69) is 10.4 Å². The number of ether oxygens (including phenoxy) is 1. The molecule has 0 spiro atoms. The Balaban J connectivity index is 1.89. The Morgan fingerprint density at radius 3 is 2.58 bits per heavy atom. The number of amides is 1. The number of aromatic nitrogens is 2. The fourth-order valence-corrected chi connectivity index (χ4v) is 2.36. The highest BCUT2D eigenvalue weighted by atomic mass is 16.5. The van der Waals surface area contributed by atoms with Crippen molar-refractivity contribution in [1.82, 2.24) is 9.78 Å². The third kappa shape index (κ3) is 2.94. The van der Waals surface area contributed by atoms with Crippen LogP contribution in [0.4, 0.5) is 11.5 Å². The van der Waals surface area contributed by atoms with E-state index in [4.69, 9.17) is 10.5 Å². The van der Waals surface area contributed by atoms with Crippen molar-refractivity contribution in [1.29, 1.82) is 0 Å². The van der Waals surface area contributed by atoms with Gasteiger partial charge in [0.05, 0.1) is 13.3 Å². The van der Waals surface area contributed by atoms with E-state index < -0.39 is 0 Å². The molecule has 3 N–H and O–H groups in total. The molecule has 6 heteroatoms. The zero-order valence-corrected chi connectivity index (χ0v) is 13.5. The van der Waals surface area contributed by atoms with Crippen molar-refractivity contribution in [3.63, 3.8) is 0 Å². The standard InChI is InChI=1S/C18H18N4O2/c1-12-7-9-13(10-8-12)21-18(23)14-11-20-22(17(14)19)15-5-3-4-6-16(15)24-2/h3-11H,19H2,1-2H3,(H,21,23). The number of nitrogen functional groups attached to an aromatic ring is 1. The van der Waals surface area contributed by atoms with Crippen LogP contribution in [-0.2, 0) is 0 Å². The quantitative estimate of drug-likeness (QED) is 0.773. The van der Waals surface area contributed by atoms with E-state index in [1.54, 1.807) is 7.11 Å². The fourth-order valence-electron chi connectivity index (χ4n) is 2.36. The van der Waals surface area contributed by atoms with Gasteiger partial charge in [-0.3, -0.25) is 4.79 Å². The largest absolute Gasteiger partial charge is 0.494 e. The average Bonchev–Trinajstić information content (AvgIpc) is 2.98. The SMILES string of the molecule is COc1ccccc1-n1ncc(C(=O)Nc2ccc(C)cc2)c1N. The van der Waals surface area contributed by atoms with Crippen LogP contribution >= 0.6 is 0 Å². The maximum atomic E-state index is 12.4. The molecule has 24 heavy (non-hydrogen) atoms. The second kappa shape index (κ2) is 6.45. The number of methoxy groups -OCH3 is 1. The Kier molecular flexibility index (Phi) is 4.20. The number of nitrogens with zero attached hydrogens (tertiary/aromatic N) is 2. The van der Waals surface area contributed by atoms with E-state index >= 15 is 0 Å². The molecule has 0 fully saturated rings. The first-order valence-electron chi connectivity index (χ1n) is 7.45. The first kappa shape index (κ1) is 15.6. The van der Waals surface area contributed by atoms with Crippen LogP contribution in [0.5, 0.6) is 5.75 Å². The van der Waals surface area contributed by atoms with Gasteiger partial charge < -0.3 is 15.8 Å². The Morgan fingerprint density at radius 2 is 1.88 bits per heavy atom. The highest BCUT2D eigenvalue weighted by Crippen LogP contribution is 2.25. The maximum Gasteiger partial charge on any atom is 0.261 e. The molecule has 1 aromatic heterocycles. The summed E-state index contributed by atoms with van der Waals surface area (Å²) >= 11 is 0. The van der Waals surface area contributed by atoms with Crippen LogP contribution in [0.3, 0.4) is 0 Å². The lowest BCUT2D eigenvalue weighted by Gasteiger charge is -2.10. The molecule has 3 aromatic rings. The minimum absolute atomic E-state index is 0.254. The zero-order valence-electron chi connectivity index (χ0n) is 13.5. The molecule has 0 atom stereocenters. The molecule has 6 nitrogen and oxygen atoms in total. The van der Waals surface area contributed by atoms with Crippen LogP contribution in [-0.4, -0.2) is 22.8 Å². The third-order valence-corrected chi connectivity index (χ3v) is 3.67. The Hall–Kier alpha value is -3.28. The number of para-hydroxylation sites is 2. The van der Waals surface area contributed by atoms with Gasteiger partial charge in [0.25, 0.3) is 5.91 Å². The van der Waals surface area contributed by atoms with Crippen LogP contribution in [0.2, 0.25) is 0 Å². The van der Waals surface area contributed by atoms with Gasteiger partial charge in [-0.25, -0.2) is 4.68 Å². The first-order valence-corrected chi connectivity index (χ1v) is 7.45. The molecule has 0 aliphatic carbocycles. The molecule has 0 unspecified atom stereocenters. The van der Waals surface area contributed by atoms with E-state index in [1.165, 1.54) is 10.9 Å². The number of hydrogen-bond acceptors (Lipinski definition) is 4. The molecule has 1 amide bonds. The fraction of sp³-hybridized carbons (Fsp3) is 0.111. The van der Waals surface area contributed by atoms with Crippen molar-refractivity contribution in [2.75, 3.05) is 18.2 Å². The van der Waals surface area contributed by atoms with Gasteiger partial charge in [0.2, 0.25) is 0 Å². The van der Waals surface area contributed by atoms with Gasteiger partial charge >= 0.3 is 0 Å². The summed E-state index contributed by atoms with van der Waals surface area (Å²) in [6.07, 6.45) is 1.45. The van der Waals surface area contributed by atoms with E-state index in [0.29, 0.717) is 22.7 Å². The molecule has 0 aliphatic rings. The molecule has 0 bridgehead atoms. The van der Waals surface area contributed by atoms with Crippen molar-refractivity contribution in [3.8, 4) is 11.4 Å². The first-order chi connectivity index (χ1) is 11.6. The second-order valence-corrected chi connectivity index (χ2v) is 5.35. The van der Waals surface area contributed by atoms with Gasteiger partial charge in [-0.2, -0.15) is 5.10 Å². The summed E-state index contributed by atoms with van der Waals surface area (Å²) in [5, 5.41) is 7.04. The van der Waals surface area contributed by atoms with Gasteiger partial charge in [-0.05, 0) is 31.2 Å². The Bertz CT molecular complexity index is 869. The van der Waals surface area contributed by atoms with Gasteiger partial charge in [-0.15, -0.1) is 0 Å². The summed E-state index contributed by atoms with van der Waals surface area (Å²) in [4.78, 5) is 12.4. The van der Waals surface area contributed by atoms with Crippen molar-refractivity contribution < 1.29 is 9.53 Å². The Labute approximate surface area is 139 Å². The number of rotatable bonds is 4. The van der Waals surface area contributed by atoms with E-state index in [-0.39, 0.29) is 11.7 Å². The van der Waals surface area contributed by atoms with Crippen LogP contribution in [0.1, 0.15) is 15.9 Å². The average molecular weight is 322 g/mol. The van der Waals surface area contributed by atoms with Crippen LogP contribution in [0.25, 0.3) is 5.69 Å². The molecule has 2 aromatic carbocycles. The van der Waals surface area contributed by atoms with Gasteiger partial charge in [0.1, 0.15) is 22.8 Å². The summed E-state index contributed by atoms with van der Waals surface area (Å²) in [5.74, 6) is 0.569. The van der Waals surface area contributed by atoms with E-state index in [1.807, 2.05) is 55.5 Å². The van der Waals surface area contributed by atoms with Crippen LogP contribution < -0.4 is 15.8 Å². The number of carbonyl (C=O) groups excluding carboxylic acids is 1. The summed E-state index contributed by atoms with van der Waals surface area (Å²) in [7, 11) is 1.57. The number of anilines is 2. The van der Waals surface area contributed by atoms with Gasteiger partial charge in [-0.1, -0.05) is 29.8 Å². The minimum Gasteiger partial charge on any atom is -0.494 e. The molecule has 122 valence electrons. The number of carbonyl (C=O) groups is 1. The van der Waals surface area contributed by atoms with Crippen LogP contribution in [0, 0.1) is 6.92 Å². The summed E-state index contributed by atoms with van der Waals surface area (Å²) < 4.78 is 6.80. The molecule has 0 saturated heterocycles. The monoisotopic (exact) mass is 322 g/mol. The molecule has 1 heterocycles. The number of benzene rings is 2. The van der Waals surface area contributed by atoms with Crippen molar-refractivity contribution >= 4 is 17.4 Å². The molecule has 0 radical (unpaired) electrons.